The lowest BCUT2D eigenvalue weighted by Gasteiger charge is -2.15. The number of rotatable bonds is 7. The monoisotopic (exact) mass is 271 g/mol. The number of nitrogens with one attached hydrogen (secondary N) is 1. The summed E-state index contributed by atoms with van der Waals surface area (Å²) in [7, 11) is -1.27. The lowest BCUT2D eigenvalue weighted by atomic mass is 10.1. The van der Waals surface area contributed by atoms with Crippen LogP contribution in [-0.2, 0) is 9.84 Å². The van der Waals surface area contributed by atoms with E-state index in [-0.39, 0.29) is 17.5 Å². The van der Waals surface area contributed by atoms with Crippen molar-refractivity contribution in [1.82, 2.24) is 5.32 Å². The summed E-state index contributed by atoms with van der Waals surface area (Å²) in [6.45, 7) is 4.14. The summed E-state index contributed by atoms with van der Waals surface area (Å²) in [5.74, 6) is 1.18. The van der Waals surface area contributed by atoms with E-state index in [1.165, 1.54) is 0 Å². The van der Waals surface area contributed by atoms with Crippen LogP contribution in [0, 0.1) is 0 Å². The van der Waals surface area contributed by atoms with E-state index in [4.69, 9.17) is 4.74 Å². The Morgan fingerprint density at radius 1 is 1.39 bits per heavy atom. The van der Waals surface area contributed by atoms with Gasteiger partial charge in [-0.1, -0.05) is 19.1 Å². The molecule has 1 unspecified atom stereocenters. The van der Waals surface area contributed by atoms with Gasteiger partial charge in [-0.05, 0) is 24.6 Å². The average molecular weight is 271 g/mol. The quantitative estimate of drug-likeness (QED) is 0.821. The molecule has 0 radical (unpaired) electrons. The van der Waals surface area contributed by atoms with Crippen molar-refractivity contribution in [1.29, 1.82) is 0 Å². The van der Waals surface area contributed by atoms with Crippen molar-refractivity contribution in [3.8, 4) is 5.75 Å². The van der Waals surface area contributed by atoms with Crippen molar-refractivity contribution >= 4 is 9.84 Å². The fraction of sp³-hybridized carbons (Fsp3) is 0.538. The van der Waals surface area contributed by atoms with Crippen LogP contribution in [0.15, 0.2) is 24.3 Å². The van der Waals surface area contributed by atoms with E-state index in [1.807, 2.05) is 31.2 Å². The predicted molar refractivity (Wildman–Crippen MR) is 73.7 cm³/mol. The second kappa shape index (κ2) is 6.75. The molecule has 0 aliphatic carbocycles. The molecule has 0 saturated heterocycles. The van der Waals surface area contributed by atoms with E-state index in [0.717, 1.165) is 11.3 Å². The maximum Gasteiger partial charge on any atom is 0.151 e. The SMILES string of the molecule is CCS(=O)(=O)CCNC(C)c1cccc(OC)c1. The fourth-order valence-corrected chi connectivity index (χ4v) is 2.32. The van der Waals surface area contributed by atoms with E-state index in [2.05, 4.69) is 5.32 Å². The number of sulfone groups is 1. The van der Waals surface area contributed by atoms with E-state index in [9.17, 15) is 8.42 Å². The van der Waals surface area contributed by atoms with Crippen LogP contribution in [0.1, 0.15) is 25.5 Å². The highest BCUT2D eigenvalue weighted by Crippen LogP contribution is 2.18. The molecule has 0 bridgehead atoms. The molecule has 0 saturated carbocycles. The Hall–Kier alpha value is -1.07. The van der Waals surface area contributed by atoms with Gasteiger partial charge in [-0.15, -0.1) is 0 Å². The molecule has 0 amide bonds. The highest BCUT2D eigenvalue weighted by molar-refractivity contribution is 7.91. The largest absolute Gasteiger partial charge is 0.497 e. The van der Waals surface area contributed by atoms with Crippen LogP contribution < -0.4 is 10.1 Å². The Labute approximate surface area is 109 Å². The first-order chi connectivity index (χ1) is 8.48. The van der Waals surface area contributed by atoms with Gasteiger partial charge in [0.1, 0.15) is 5.75 Å². The molecule has 4 nitrogen and oxygen atoms in total. The number of ether oxygens (including phenoxy) is 1. The molecule has 18 heavy (non-hydrogen) atoms. The van der Waals surface area contributed by atoms with Crippen LogP contribution in [0.2, 0.25) is 0 Å². The highest BCUT2D eigenvalue weighted by atomic mass is 32.2. The molecule has 0 fully saturated rings. The lowest BCUT2D eigenvalue weighted by Crippen LogP contribution is -2.26. The summed E-state index contributed by atoms with van der Waals surface area (Å²) in [6.07, 6.45) is 0. The third kappa shape index (κ3) is 4.66. The second-order valence-corrected chi connectivity index (χ2v) is 6.66. The molecule has 1 aromatic rings. The molecule has 1 rings (SSSR count). The Bertz CT molecular complexity index is 471. The molecule has 1 aromatic carbocycles. The fourth-order valence-electron chi connectivity index (χ4n) is 1.60. The summed E-state index contributed by atoms with van der Waals surface area (Å²) in [5, 5.41) is 3.21. The molecule has 0 aromatic heterocycles. The minimum absolute atomic E-state index is 0.104. The number of hydrogen-bond donors (Lipinski definition) is 1. The van der Waals surface area contributed by atoms with Gasteiger partial charge in [-0.3, -0.25) is 0 Å². The smallest absolute Gasteiger partial charge is 0.151 e. The summed E-state index contributed by atoms with van der Waals surface area (Å²) in [4.78, 5) is 0. The average Bonchev–Trinajstić information content (AvgIpc) is 2.38. The first-order valence-corrected chi connectivity index (χ1v) is 7.88. The molecule has 102 valence electrons. The summed E-state index contributed by atoms with van der Waals surface area (Å²) in [6, 6.07) is 7.86. The van der Waals surface area contributed by atoms with Gasteiger partial charge < -0.3 is 10.1 Å². The zero-order valence-electron chi connectivity index (χ0n) is 11.1. The van der Waals surface area contributed by atoms with Gasteiger partial charge in [0.2, 0.25) is 0 Å². The molecule has 0 aliphatic rings. The van der Waals surface area contributed by atoms with Crippen LogP contribution in [0.5, 0.6) is 5.75 Å². The van der Waals surface area contributed by atoms with Crippen molar-refractivity contribution in [3.05, 3.63) is 29.8 Å². The normalized spacial score (nSPS) is 13.3. The van der Waals surface area contributed by atoms with Gasteiger partial charge >= 0.3 is 0 Å². The van der Waals surface area contributed by atoms with E-state index < -0.39 is 9.84 Å². The molecular weight excluding hydrogens is 250 g/mol. The van der Waals surface area contributed by atoms with Gasteiger partial charge in [0.15, 0.2) is 9.84 Å². The predicted octanol–water partition coefficient (Wildman–Crippen LogP) is 1.78. The Kier molecular flexibility index (Phi) is 5.62. The van der Waals surface area contributed by atoms with Gasteiger partial charge in [0.05, 0.1) is 12.9 Å². The minimum atomic E-state index is -2.90. The Morgan fingerprint density at radius 3 is 2.72 bits per heavy atom. The Balaban J connectivity index is 2.52. The van der Waals surface area contributed by atoms with Gasteiger partial charge in [0, 0.05) is 18.3 Å². The molecule has 1 atom stereocenters. The molecule has 1 N–H and O–H groups in total. The van der Waals surface area contributed by atoms with Gasteiger partial charge in [-0.25, -0.2) is 8.42 Å². The van der Waals surface area contributed by atoms with Crippen molar-refractivity contribution in [3.63, 3.8) is 0 Å². The third-order valence-corrected chi connectivity index (χ3v) is 4.60. The summed E-state index contributed by atoms with van der Waals surface area (Å²) in [5.41, 5.74) is 1.09. The van der Waals surface area contributed by atoms with E-state index in [1.54, 1.807) is 14.0 Å². The number of methoxy groups -OCH3 is 1. The van der Waals surface area contributed by atoms with Crippen molar-refractivity contribution in [2.45, 2.75) is 19.9 Å². The van der Waals surface area contributed by atoms with E-state index >= 15 is 0 Å². The lowest BCUT2D eigenvalue weighted by molar-refractivity contribution is 0.413. The minimum Gasteiger partial charge on any atom is -0.497 e. The van der Waals surface area contributed by atoms with Crippen LogP contribution in [0.25, 0.3) is 0 Å². The molecule has 0 aliphatic heterocycles. The van der Waals surface area contributed by atoms with Crippen LogP contribution >= 0.6 is 0 Å². The second-order valence-electron chi connectivity index (χ2n) is 4.19. The molecule has 5 heteroatoms. The molecular formula is C13H21NO3S. The van der Waals surface area contributed by atoms with Crippen molar-refractivity contribution in [2.24, 2.45) is 0 Å². The summed E-state index contributed by atoms with van der Waals surface area (Å²) >= 11 is 0. The molecule has 0 heterocycles. The number of benzene rings is 1. The first-order valence-electron chi connectivity index (χ1n) is 6.06. The van der Waals surface area contributed by atoms with Crippen molar-refractivity contribution < 1.29 is 13.2 Å². The zero-order valence-corrected chi connectivity index (χ0v) is 12.0. The van der Waals surface area contributed by atoms with Gasteiger partial charge in [0.25, 0.3) is 0 Å². The van der Waals surface area contributed by atoms with Gasteiger partial charge in [-0.2, -0.15) is 0 Å². The maximum atomic E-state index is 11.4. The number of hydrogen-bond acceptors (Lipinski definition) is 4. The van der Waals surface area contributed by atoms with Crippen molar-refractivity contribution in [2.75, 3.05) is 25.2 Å². The highest BCUT2D eigenvalue weighted by Gasteiger charge is 2.09. The Morgan fingerprint density at radius 2 is 2.11 bits per heavy atom. The zero-order chi connectivity index (χ0) is 13.6. The molecule has 0 spiro atoms. The van der Waals surface area contributed by atoms with Crippen LogP contribution in [0.4, 0.5) is 0 Å². The maximum absolute atomic E-state index is 11.4. The first kappa shape index (κ1) is 15.0. The topological polar surface area (TPSA) is 55.4 Å². The van der Waals surface area contributed by atoms with E-state index in [0.29, 0.717) is 6.54 Å². The third-order valence-electron chi connectivity index (χ3n) is 2.90. The van der Waals surface area contributed by atoms with Crippen LogP contribution in [-0.4, -0.2) is 33.6 Å². The van der Waals surface area contributed by atoms with Crippen LogP contribution in [0.3, 0.4) is 0 Å². The standard InChI is InChI=1S/C13H21NO3S/c1-4-18(15,16)9-8-14-11(2)12-6-5-7-13(10-12)17-3/h5-7,10-11,14H,4,8-9H2,1-3H3. The summed E-state index contributed by atoms with van der Waals surface area (Å²) < 4.78 is 27.9.